The molecule has 0 aliphatic rings. The van der Waals surface area contributed by atoms with Crippen LogP contribution in [0.3, 0.4) is 0 Å². The largest absolute Gasteiger partial charge is 0.508 e. The summed E-state index contributed by atoms with van der Waals surface area (Å²) < 4.78 is 0. The molecule has 0 atom stereocenters. The second-order valence-electron chi connectivity index (χ2n) is 1.45. The summed E-state index contributed by atoms with van der Waals surface area (Å²) in [4.78, 5) is 0. The average molecular weight is 123 g/mol. The molecule has 2 nitrogen and oxygen atoms in total. The van der Waals surface area contributed by atoms with Gasteiger partial charge in [-0.3, -0.25) is 0 Å². The smallest absolute Gasteiger partial charge is 0.117 e. The van der Waals surface area contributed by atoms with Crippen LogP contribution in [-0.4, -0.2) is 11.3 Å². The zero-order valence-corrected chi connectivity index (χ0v) is 5.09. The quantitative estimate of drug-likeness (QED) is 0.335. The first-order chi connectivity index (χ1) is 4.22. The van der Waals surface area contributed by atoms with Gasteiger partial charge in [0.05, 0.1) is 0 Å². The number of hydrogen-bond acceptors (Lipinski definition) is 2. The molecule has 0 fully saturated rings. The molecule has 0 bridgehead atoms. The first kappa shape index (κ1) is 7.69. The molecule has 0 radical (unpaired) electrons. The predicted molar refractivity (Wildman–Crippen MR) is 38.8 cm³/mol. The summed E-state index contributed by atoms with van der Waals surface area (Å²) >= 11 is 0. The van der Waals surface area contributed by atoms with Gasteiger partial charge in [0, 0.05) is 11.8 Å². The molecule has 0 amide bonds. The normalized spacial score (nSPS) is 10.4. The van der Waals surface area contributed by atoms with Crippen LogP contribution in [0.25, 0.3) is 0 Å². The summed E-state index contributed by atoms with van der Waals surface area (Å²) in [6, 6.07) is 0. The van der Waals surface area contributed by atoms with Crippen LogP contribution in [0, 0.1) is 5.41 Å². The summed E-state index contributed by atoms with van der Waals surface area (Å²) in [5.74, 6) is -0.107. The Balaban J connectivity index is 4.32. The van der Waals surface area contributed by atoms with Crippen LogP contribution in [0.1, 0.15) is 0 Å². The van der Waals surface area contributed by atoms with Gasteiger partial charge in [0.15, 0.2) is 0 Å². The van der Waals surface area contributed by atoms with Crippen molar-refractivity contribution in [2.45, 2.75) is 0 Å². The second-order valence-corrected chi connectivity index (χ2v) is 1.45. The Labute approximate surface area is 54.3 Å². The zero-order valence-electron chi connectivity index (χ0n) is 5.09. The van der Waals surface area contributed by atoms with Gasteiger partial charge in [-0.15, -0.1) is 0 Å². The van der Waals surface area contributed by atoms with Gasteiger partial charge in [0.2, 0.25) is 0 Å². The lowest BCUT2D eigenvalue weighted by Gasteiger charge is -1.92. The van der Waals surface area contributed by atoms with Crippen molar-refractivity contribution in [1.29, 1.82) is 5.41 Å². The lowest BCUT2D eigenvalue weighted by Crippen LogP contribution is -1.85. The van der Waals surface area contributed by atoms with Gasteiger partial charge in [0.25, 0.3) is 0 Å². The van der Waals surface area contributed by atoms with Crippen LogP contribution in [0.4, 0.5) is 0 Å². The SMILES string of the molecule is C=C/C=C(/C=N)C(=C)O. The highest BCUT2D eigenvalue weighted by molar-refractivity contribution is 5.81. The maximum atomic E-state index is 8.68. The number of aliphatic hydroxyl groups excluding tert-OH is 1. The Morgan fingerprint density at radius 2 is 2.11 bits per heavy atom. The van der Waals surface area contributed by atoms with Crippen molar-refractivity contribution in [1.82, 2.24) is 0 Å². The molecule has 0 rings (SSSR count). The van der Waals surface area contributed by atoms with Crippen LogP contribution in [-0.2, 0) is 0 Å². The van der Waals surface area contributed by atoms with Crippen molar-refractivity contribution < 1.29 is 5.11 Å². The number of allylic oxidation sites excluding steroid dienone is 3. The molecule has 0 spiro atoms. The van der Waals surface area contributed by atoms with Crippen molar-refractivity contribution in [3.8, 4) is 0 Å². The minimum absolute atomic E-state index is 0.107. The molecule has 0 aromatic heterocycles. The predicted octanol–water partition coefficient (Wildman–Crippen LogP) is 1.82. The van der Waals surface area contributed by atoms with Crippen LogP contribution >= 0.6 is 0 Å². The first-order valence-electron chi connectivity index (χ1n) is 2.43. The van der Waals surface area contributed by atoms with Crippen molar-refractivity contribution in [2.75, 3.05) is 0 Å². The van der Waals surface area contributed by atoms with E-state index in [4.69, 9.17) is 10.5 Å². The molecule has 2 N–H and O–H groups in total. The van der Waals surface area contributed by atoms with E-state index in [0.717, 1.165) is 6.21 Å². The molecular weight excluding hydrogens is 114 g/mol. The standard InChI is InChI=1S/C7H9NO/c1-3-4-7(5-8)6(2)9/h3-5,8-9H,1-2H2/b7-4-,8-5?. The monoisotopic (exact) mass is 123 g/mol. The van der Waals surface area contributed by atoms with E-state index < -0.39 is 0 Å². The van der Waals surface area contributed by atoms with E-state index in [1.54, 1.807) is 0 Å². The maximum absolute atomic E-state index is 8.68. The summed E-state index contributed by atoms with van der Waals surface area (Å²) in [6.07, 6.45) is 4.01. The number of nitrogens with one attached hydrogen (secondary N) is 1. The van der Waals surface area contributed by atoms with Crippen LogP contribution in [0.15, 0.2) is 36.6 Å². The molecule has 0 heterocycles. The van der Waals surface area contributed by atoms with E-state index in [-0.39, 0.29) is 5.76 Å². The minimum Gasteiger partial charge on any atom is -0.508 e. The maximum Gasteiger partial charge on any atom is 0.117 e. The third kappa shape index (κ3) is 2.49. The van der Waals surface area contributed by atoms with Crippen molar-refractivity contribution in [2.24, 2.45) is 0 Å². The highest BCUT2D eigenvalue weighted by Gasteiger charge is 1.91. The van der Waals surface area contributed by atoms with Crippen LogP contribution in [0.5, 0.6) is 0 Å². The molecule has 9 heavy (non-hydrogen) atoms. The van der Waals surface area contributed by atoms with Gasteiger partial charge in [-0.1, -0.05) is 25.3 Å². The summed E-state index contributed by atoms with van der Waals surface area (Å²) in [5, 5.41) is 15.4. The van der Waals surface area contributed by atoms with Crippen molar-refractivity contribution in [3.05, 3.63) is 36.6 Å². The minimum atomic E-state index is -0.107. The van der Waals surface area contributed by atoms with E-state index >= 15 is 0 Å². The molecular formula is C7H9NO. The Kier molecular flexibility index (Phi) is 3.13. The van der Waals surface area contributed by atoms with Gasteiger partial charge < -0.3 is 10.5 Å². The molecule has 0 aromatic rings. The molecule has 48 valence electrons. The number of aliphatic hydroxyl groups is 1. The Hall–Kier alpha value is -1.31. The molecule has 0 aromatic carbocycles. The molecule has 0 saturated carbocycles. The fraction of sp³-hybridized carbons (Fsp3) is 0. The summed E-state index contributed by atoms with van der Waals surface area (Å²) in [6.45, 7) is 6.63. The van der Waals surface area contributed by atoms with E-state index in [1.807, 2.05) is 0 Å². The Morgan fingerprint density at radius 3 is 2.22 bits per heavy atom. The third-order valence-electron chi connectivity index (χ3n) is 0.786. The topological polar surface area (TPSA) is 44.1 Å². The van der Waals surface area contributed by atoms with Crippen LogP contribution < -0.4 is 0 Å². The van der Waals surface area contributed by atoms with Gasteiger partial charge in [-0.05, 0) is 0 Å². The van der Waals surface area contributed by atoms with Crippen molar-refractivity contribution in [3.63, 3.8) is 0 Å². The third-order valence-corrected chi connectivity index (χ3v) is 0.786. The van der Waals surface area contributed by atoms with Crippen LogP contribution in [0.2, 0.25) is 0 Å². The number of hydrogen-bond donors (Lipinski definition) is 2. The van der Waals surface area contributed by atoms with E-state index in [1.165, 1.54) is 12.2 Å². The Bertz CT molecular complexity index is 168. The summed E-state index contributed by atoms with van der Waals surface area (Å²) in [7, 11) is 0. The van der Waals surface area contributed by atoms with Gasteiger partial charge in [0.1, 0.15) is 5.76 Å². The fourth-order valence-electron chi connectivity index (χ4n) is 0.355. The lowest BCUT2D eigenvalue weighted by molar-refractivity contribution is 0.431. The Morgan fingerprint density at radius 1 is 1.56 bits per heavy atom. The molecule has 0 unspecified atom stereocenters. The number of rotatable bonds is 3. The van der Waals surface area contributed by atoms with E-state index in [0.29, 0.717) is 5.57 Å². The molecule has 0 saturated heterocycles. The second kappa shape index (κ2) is 3.66. The van der Waals surface area contributed by atoms with E-state index in [9.17, 15) is 0 Å². The summed E-state index contributed by atoms with van der Waals surface area (Å²) in [5.41, 5.74) is 0.380. The van der Waals surface area contributed by atoms with Crippen molar-refractivity contribution >= 4 is 6.21 Å². The molecule has 0 aliphatic carbocycles. The van der Waals surface area contributed by atoms with Gasteiger partial charge in [-0.25, -0.2) is 0 Å². The van der Waals surface area contributed by atoms with Gasteiger partial charge in [-0.2, -0.15) is 0 Å². The lowest BCUT2D eigenvalue weighted by atomic mass is 10.2. The zero-order chi connectivity index (χ0) is 7.28. The van der Waals surface area contributed by atoms with E-state index in [2.05, 4.69) is 13.2 Å². The first-order valence-corrected chi connectivity index (χ1v) is 2.43. The average Bonchev–Trinajstić information content (AvgIpc) is 1.82. The fourth-order valence-corrected chi connectivity index (χ4v) is 0.355. The highest BCUT2D eigenvalue weighted by Crippen LogP contribution is 1.98. The molecule has 0 aliphatic heterocycles. The highest BCUT2D eigenvalue weighted by atomic mass is 16.3. The molecule has 2 heteroatoms. The van der Waals surface area contributed by atoms with Gasteiger partial charge >= 0.3 is 0 Å².